The van der Waals surface area contributed by atoms with Gasteiger partial charge in [-0.25, -0.2) is 0 Å². The van der Waals surface area contributed by atoms with Gasteiger partial charge in [-0.3, -0.25) is 0 Å². The van der Waals surface area contributed by atoms with Crippen molar-refractivity contribution in [3.05, 3.63) is 132 Å². The van der Waals surface area contributed by atoms with Crippen LogP contribution >= 0.6 is 11.6 Å². The first kappa shape index (κ1) is 28.1. The Labute approximate surface area is 221 Å². The van der Waals surface area contributed by atoms with Crippen molar-refractivity contribution in [3.63, 3.8) is 0 Å². The summed E-state index contributed by atoms with van der Waals surface area (Å²) in [5.74, 6) is 1.35. The fourth-order valence-electron chi connectivity index (χ4n) is 3.90. The van der Waals surface area contributed by atoms with Crippen molar-refractivity contribution in [1.29, 1.82) is 0 Å². The third-order valence-electron chi connectivity index (χ3n) is 5.83. The molecule has 2 aromatic rings. The highest BCUT2D eigenvalue weighted by Crippen LogP contribution is 2.36. The van der Waals surface area contributed by atoms with Crippen molar-refractivity contribution in [2.45, 2.75) is 24.6 Å². The molecule has 0 saturated carbocycles. The molecule has 7 heteroatoms. The number of rotatable bonds is 10. The first-order valence-corrected chi connectivity index (χ1v) is 12.3. The van der Waals surface area contributed by atoms with E-state index in [1.807, 2.05) is 36.4 Å². The molecule has 0 bridgehead atoms. The topological polar surface area (TPSA) is 47.3 Å². The molecule has 3 N–H and O–H groups in total. The maximum Gasteiger partial charge on any atom is 0.407 e. The fourth-order valence-corrected chi connectivity index (χ4v) is 4.01. The second kappa shape index (κ2) is 13.2. The second-order valence-electron chi connectivity index (χ2n) is 8.43. The van der Waals surface area contributed by atoms with E-state index in [4.69, 9.17) is 22.1 Å². The standard InChI is InChI=1S/C30H30ClF3N2O/c1-21(9-5-4-8-18-31)36-27(20-29(35)30(32,33)34)24-14-12-22(13-15-24)25-16-17-26(28(19-25)37-2)23-10-6-3-7-11-23/h3-16,19-20,26,29,36H,1,17-18,35H2,2H3/b8-4-,9-5-,27-20-. The van der Waals surface area contributed by atoms with Gasteiger partial charge in [0, 0.05) is 23.2 Å². The molecule has 0 amide bonds. The molecule has 0 fully saturated rings. The lowest BCUT2D eigenvalue weighted by Gasteiger charge is -2.23. The average Bonchev–Trinajstić information content (AvgIpc) is 2.90. The molecule has 0 heterocycles. The van der Waals surface area contributed by atoms with Gasteiger partial charge in [-0.2, -0.15) is 13.2 Å². The van der Waals surface area contributed by atoms with Gasteiger partial charge >= 0.3 is 6.18 Å². The summed E-state index contributed by atoms with van der Waals surface area (Å²) < 4.78 is 45.3. The molecule has 0 radical (unpaired) electrons. The number of nitrogens with one attached hydrogen (secondary N) is 1. The summed E-state index contributed by atoms with van der Waals surface area (Å²) in [5, 5.41) is 2.94. The van der Waals surface area contributed by atoms with Crippen molar-refractivity contribution < 1.29 is 17.9 Å². The molecule has 37 heavy (non-hydrogen) atoms. The van der Waals surface area contributed by atoms with Crippen molar-refractivity contribution >= 4 is 22.9 Å². The Balaban J connectivity index is 1.84. The Kier molecular flexibility index (Phi) is 10.0. The third-order valence-corrected chi connectivity index (χ3v) is 6.01. The Bertz CT molecular complexity index is 1210. The van der Waals surface area contributed by atoms with Gasteiger partial charge < -0.3 is 15.8 Å². The Hall–Kier alpha value is -3.48. The van der Waals surface area contributed by atoms with Crippen LogP contribution in [0.1, 0.15) is 29.0 Å². The lowest BCUT2D eigenvalue weighted by atomic mass is 9.86. The van der Waals surface area contributed by atoms with E-state index in [-0.39, 0.29) is 11.6 Å². The van der Waals surface area contributed by atoms with Gasteiger partial charge in [0.15, 0.2) is 0 Å². The van der Waals surface area contributed by atoms with Crippen LogP contribution in [-0.4, -0.2) is 25.2 Å². The number of alkyl halides is 4. The van der Waals surface area contributed by atoms with Crippen molar-refractivity contribution in [3.8, 4) is 0 Å². The van der Waals surface area contributed by atoms with Crippen LogP contribution < -0.4 is 11.1 Å². The molecule has 3 nitrogen and oxygen atoms in total. The van der Waals surface area contributed by atoms with E-state index in [0.717, 1.165) is 29.4 Å². The van der Waals surface area contributed by atoms with Gasteiger partial charge in [0.05, 0.1) is 7.11 Å². The van der Waals surface area contributed by atoms with Crippen LogP contribution in [0.5, 0.6) is 0 Å². The van der Waals surface area contributed by atoms with E-state index in [0.29, 0.717) is 17.1 Å². The van der Waals surface area contributed by atoms with Crippen LogP contribution in [-0.2, 0) is 4.74 Å². The van der Waals surface area contributed by atoms with Crippen LogP contribution in [0.25, 0.3) is 11.3 Å². The zero-order chi connectivity index (χ0) is 26.8. The maximum atomic E-state index is 13.2. The minimum Gasteiger partial charge on any atom is -0.500 e. The van der Waals surface area contributed by atoms with E-state index in [9.17, 15) is 13.2 Å². The van der Waals surface area contributed by atoms with Crippen LogP contribution in [0.3, 0.4) is 0 Å². The van der Waals surface area contributed by atoms with Gasteiger partial charge in [0.25, 0.3) is 0 Å². The van der Waals surface area contributed by atoms with Gasteiger partial charge in [0.2, 0.25) is 0 Å². The molecule has 2 atom stereocenters. The van der Waals surface area contributed by atoms with Crippen molar-refractivity contribution in [1.82, 2.24) is 5.32 Å². The normalized spacial score (nSPS) is 17.5. The lowest BCUT2D eigenvalue weighted by molar-refractivity contribution is -0.136. The SMILES string of the molecule is C=C(/C=C\C=C/CCl)N/C(=C\C(N)C(F)(F)F)c1ccc(C2=CCC(c3ccccc3)C(OC)=C2)cc1. The summed E-state index contributed by atoms with van der Waals surface area (Å²) in [6, 6.07) is 15.3. The van der Waals surface area contributed by atoms with Gasteiger partial charge in [-0.05, 0) is 46.9 Å². The molecule has 2 aromatic carbocycles. The summed E-state index contributed by atoms with van der Waals surface area (Å²) in [4.78, 5) is 0. The second-order valence-corrected chi connectivity index (χ2v) is 8.73. The Morgan fingerprint density at radius 2 is 1.86 bits per heavy atom. The molecule has 0 aliphatic heterocycles. The lowest BCUT2D eigenvalue weighted by Crippen LogP contribution is -2.36. The van der Waals surface area contributed by atoms with Crippen molar-refractivity contribution in [2.24, 2.45) is 5.73 Å². The Morgan fingerprint density at radius 1 is 1.16 bits per heavy atom. The smallest absolute Gasteiger partial charge is 0.407 e. The molecule has 0 saturated heterocycles. The summed E-state index contributed by atoms with van der Waals surface area (Å²) in [6.07, 6.45) is 8.09. The van der Waals surface area contributed by atoms with Crippen LogP contribution in [0.2, 0.25) is 0 Å². The summed E-state index contributed by atoms with van der Waals surface area (Å²) >= 11 is 5.60. The zero-order valence-corrected chi connectivity index (χ0v) is 21.3. The molecule has 1 aliphatic rings. The van der Waals surface area contributed by atoms with E-state index < -0.39 is 12.2 Å². The fraction of sp³-hybridized carbons (Fsp3) is 0.200. The number of methoxy groups -OCH3 is 1. The highest BCUT2D eigenvalue weighted by molar-refractivity contribution is 6.18. The molecule has 2 unspecified atom stereocenters. The van der Waals surface area contributed by atoms with Crippen molar-refractivity contribution in [2.75, 3.05) is 13.0 Å². The minimum atomic E-state index is -4.57. The number of ether oxygens (including phenoxy) is 1. The molecule has 0 spiro atoms. The minimum absolute atomic E-state index is 0.134. The zero-order valence-electron chi connectivity index (χ0n) is 20.5. The molecule has 0 aromatic heterocycles. The van der Waals surface area contributed by atoms with Gasteiger partial charge in [0.1, 0.15) is 11.8 Å². The van der Waals surface area contributed by atoms with E-state index in [1.54, 1.807) is 43.5 Å². The monoisotopic (exact) mass is 526 g/mol. The molecular weight excluding hydrogens is 497 g/mol. The number of nitrogens with two attached hydrogens (primary N) is 1. The predicted molar refractivity (Wildman–Crippen MR) is 147 cm³/mol. The first-order chi connectivity index (χ1) is 17.7. The summed E-state index contributed by atoms with van der Waals surface area (Å²) in [6.45, 7) is 3.87. The molecule has 1 aliphatic carbocycles. The van der Waals surface area contributed by atoms with E-state index in [1.165, 1.54) is 5.56 Å². The van der Waals surface area contributed by atoms with Crippen LogP contribution in [0, 0.1) is 0 Å². The number of hydrogen-bond acceptors (Lipinski definition) is 3. The summed E-state index contributed by atoms with van der Waals surface area (Å²) in [5.41, 5.74) is 9.64. The number of benzene rings is 2. The number of halogens is 4. The van der Waals surface area contributed by atoms with Gasteiger partial charge in [-0.1, -0.05) is 85.5 Å². The Morgan fingerprint density at radius 3 is 2.49 bits per heavy atom. The van der Waals surface area contributed by atoms with E-state index in [2.05, 4.69) is 30.1 Å². The quantitative estimate of drug-likeness (QED) is 0.249. The maximum absolute atomic E-state index is 13.2. The highest BCUT2D eigenvalue weighted by atomic mass is 35.5. The van der Waals surface area contributed by atoms with E-state index >= 15 is 0 Å². The first-order valence-electron chi connectivity index (χ1n) is 11.7. The van der Waals surface area contributed by atoms with Crippen LogP contribution in [0.4, 0.5) is 13.2 Å². The largest absolute Gasteiger partial charge is 0.500 e. The highest BCUT2D eigenvalue weighted by Gasteiger charge is 2.35. The van der Waals surface area contributed by atoms with Gasteiger partial charge in [-0.15, -0.1) is 11.6 Å². The van der Waals surface area contributed by atoms with Crippen LogP contribution in [0.15, 0.2) is 115 Å². The number of hydrogen-bond donors (Lipinski definition) is 2. The summed E-state index contributed by atoms with van der Waals surface area (Å²) in [7, 11) is 1.66. The third kappa shape index (κ3) is 8.00. The number of allylic oxidation sites excluding steroid dienone is 8. The molecule has 194 valence electrons. The molecule has 3 rings (SSSR count). The average molecular weight is 527 g/mol. The predicted octanol–water partition coefficient (Wildman–Crippen LogP) is 7.47. The molecular formula is C30H30ClF3N2O.